The van der Waals surface area contributed by atoms with Gasteiger partial charge in [-0.25, -0.2) is 9.82 Å². The largest absolute Gasteiger partial charge is 0.343 e. The molecular weight excluding hydrogens is 321 g/mol. The van der Waals surface area contributed by atoms with Gasteiger partial charge in [-0.1, -0.05) is 23.7 Å². The smallest absolute Gasteiger partial charge is 0.259 e. The number of halogens is 2. The molecule has 2 N–H and O–H groups in total. The second-order valence-electron chi connectivity index (χ2n) is 4.53. The maximum Gasteiger partial charge on any atom is 0.259 e. The molecule has 0 atom stereocenters. The molecule has 0 aliphatic carbocycles. The molecule has 5 nitrogen and oxygen atoms in total. The van der Waals surface area contributed by atoms with Gasteiger partial charge in [0, 0.05) is 10.6 Å². The number of rotatable bonds is 5. The summed E-state index contributed by atoms with van der Waals surface area (Å²) in [4.78, 5) is 23.3. The van der Waals surface area contributed by atoms with Crippen molar-refractivity contribution in [1.82, 2.24) is 10.7 Å². The lowest BCUT2D eigenvalue weighted by Gasteiger charge is -2.04. The van der Waals surface area contributed by atoms with E-state index in [0.717, 1.165) is 5.56 Å². The van der Waals surface area contributed by atoms with E-state index in [1.807, 2.05) is 0 Å². The van der Waals surface area contributed by atoms with Crippen molar-refractivity contribution in [2.24, 2.45) is 5.10 Å². The first-order chi connectivity index (χ1) is 11.0. The summed E-state index contributed by atoms with van der Waals surface area (Å²) in [7, 11) is 0. The minimum Gasteiger partial charge on any atom is -0.343 e. The molecule has 0 heterocycles. The number of hydrazone groups is 1. The molecule has 0 unspecified atom stereocenters. The Morgan fingerprint density at radius 3 is 2.39 bits per heavy atom. The zero-order valence-corrected chi connectivity index (χ0v) is 12.7. The molecule has 0 aliphatic rings. The summed E-state index contributed by atoms with van der Waals surface area (Å²) < 4.78 is 12.7. The lowest BCUT2D eigenvalue weighted by Crippen LogP contribution is -2.34. The summed E-state index contributed by atoms with van der Waals surface area (Å²) in [5, 5.41) is 6.78. The number of amides is 2. The van der Waals surface area contributed by atoms with E-state index >= 15 is 0 Å². The van der Waals surface area contributed by atoms with E-state index in [-0.39, 0.29) is 12.1 Å². The van der Waals surface area contributed by atoms with Crippen LogP contribution in [0.3, 0.4) is 0 Å². The fraction of sp³-hybridized carbons (Fsp3) is 0.0625. The normalized spacial score (nSPS) is 10.5. The zero-order chi connectivity index (χ0) is 16.7. The Hall–Kier alpha value is -2.73. The Balaban J connectivity index is 1.77. The highest BCUT2D eigenvalue weighted by Gasteiger charge is 2.07. The highest BCUT2D eigenvalue weighted by Crippen LogP contribution is 2.07. The SMILES string of the molecule is O=C(CNC(=O)c1ccc(F)cc1)N/N=C/c1ccc(Cl)cc1. The van der Waals surface area contributed by atoms with Gasteiger partial charge in [0.1, 0.15) is 5.82 Å². The first kappa shape index (κ1) is 16.6. The molecule has 0 fully saturated rings. The molecule has 0 saturated carbocycles. The van der Waals surface area contributed by atoms with E-state index in [9.17, 15) is 14.0 Å². The molecule has 0 spiro atoms. The van der Waals surface area contributed by atoms with Crippen LogP contribution in [-0.2, 0) is 4.79 Å². The van der Waals surface area contributed by atoms with E-state index in [1.54, 1.807) is 24.3 Å². The molecule has 7 heteroatoms. The lowest BCUT2D eigenvalue weighted by molar-refractivity contribution is -0.120. The maximum absolute atomic E-state index is 12.7. The number of carbonyl (C=O) groups is 2. The number of carbonyl (C=O) groups excluding carboxylic acids is 2. The Kier molecular flexibility index (Phi) is 5.82. The van der Waals surface area contributed by atoms with Crippen molar-refractivity contribution in [2.75, 3.05) is 6.54 Å². The molecule has 0 bridgehead atoms. The standard InChI is InChI=1S/C16H13ClFN3O2/c17-13-5-1-11(2-6-13)9-20-21-15(22)10-19-16(23)12-3-7-14(18)8-4-12/h1-9H,10H2,(H,19,23)(H,21,22)/b20-9+. The molecule has 2 aromatic carbocycles. The Bertz CT molecular complexity index is 715. The van der Waals surface area contributed by atoms with E-state index in [0.29, 0.717) is 5.02 Å². The molecule has 2 amide bonds. The van der Waals surface area contributed by atoms with Crippen LogP contribution < -0.4 is 10.7 Å². The van der Waals surface area contributed by atoms with Crippen LogP contribution in [0.15, 0.2) is 53.6 Å². The third-order valence-corrected chi connectivity index (χ3v) is 3.04. The van der Waals surface area contributed by atoms with Crippen molar-refractivity contribution in [3.8, 4) is 0 Å². The average Bonchev–Trinajstić information content (AvgIpc) is 2.55. The predicted molar refractivity (Wildman–Crippen MR) is 85.9 cm³/mol. The van der Waals surface area contributed by atoms with Gasteiger partial charge in [-0.3, -0.25) is 9.59 Å². The number of hydrogen-bond acceptors (Lipinski definition) is 3. The minimum atomic E-state index is -0.481. The highest BCUT2D eigenvalue weighted by molar-refractivity contribution is 6.30. The van der Waals surface area contributed by atoms with Gasteiger partial charge < -0.3 is 5.32 Å². The second kappa shape index (κ2) is 8.05. The molecule has 2 rings (SSSR count). The van der Waals surface area contributed by atoms with Crippen LogP contribution >= 0.6 is 11.6 Å². The minimum absolute atomic E-state index is 0.242. The summed E-state index contributed by atoms with van der Waals surface area (Å²) in [5.74, 6) is -1.39. The van der Waals surface area contributed by atoms with Crippen LogP contribution in [-0.4, -0.2) is 24.6 Å². The summed E-state index contributed by atoms with van der Waals surface area (Å²) >= 11 is 5.75. The molecule has 2 aromatic rings. The van der Waals surface area contributed by atoms with Gasteiger partial charge in [-0.15, -0.1) is 0 Å². The molecule has 0 saturated heterocycles. The van der Waals surface area contributed by atoms with Gasteiger partial charge >= 0.3 is 0 Å². The third-order valence-electron chi connectivity index (χ3n) is 2.79. The Labute approximate surface area is 137 Å². The fourth-order valence-corrected chi connectivity index (χ4v) is 1.76. The van der Waals surface area contributed by atoms with Crippen LogP contribution in [0.5, 0.6) is 0 Å². The maximum atomic E-state index is 12.7. The molecule has 23 heavy (non-hydrogen) atoms. The van der Waals surface area contributed by atoms with Gasteiger partial charge in [0.2, 0.25) is 0 Å². The van der Waals surface area contributed by atoms with Crippen molar-refractivity contribution >= 4 is 29.6 Å². The van der Waals surface area contributed by atoms with Gasteiger partial charge in [0.25, 0.3) is 11.8 Å². The number of nitrogens with one attached hydrogen (secondary N) is 2. The fourth-order valence-electron chi connectivity index (χ4n) is 1.63. The average molecular weight is 334 g/mol. The first-order valence-electron chi connectivity index (χ1n) is 6.66. The van der Waals surface area contributed by atoms with E-state index in [4.69, 9.17) is 11.6 Å². The van der Waals surface area contributed by atoms with Crippen LogP contribution in [0.4, 0.5) is 4.39 Å². The third kappa shape index (κ3) is 5.52. The van der Waals surface area contributed by atoms with Crippen LogP contribution in [0.2, 0.25) is 5.02 Å². The van der Waals surface area contributed by atoms with Gasteiger partial charge in [0.05, 0.1) is 12.8 Å². The lowest BCUT2D eigenvalue weighted by atomic mass is 10.2. The number of nitrogens with zero attached hydrogens (tertiary/aromatic N) is 1. The Morgan fingerprint density at radius 2 is 1.74 bits per heavy atom. The molecule has 118 valence electrons. The Morgan fingerprint density at radius 1 is 1.09 bits per heavy atom. The second-order valence-corrected chi connectivity index (χ2v) is 4.97. The van der Waals surface area contributed by atoms with Gasteiger partial charge in [0.15, 0.2) is 0 Å². The summed E-state index contributed by atoms with van der Waals surface area (Å²) in [6, 6.07) is 11.9. The monoisotopic (exact) mass is 333 g/mol. The van der Waals surface area contributed by atoms with Crippen LogP contribution in [0, 0.1) is 5.82 Å². The van der Waals surface area contributed by atoms with Crippen molar-refractivity contribution in [2.45, 2.75) is 0 Å². The van der Waals surface area contributed by atoms with Crippen LogP contribution in [0.1, 0.15) is 15.9 Å². The molecule has 0 radical (unpaired) electrons. The van der Waals surface area contributed by atoms with Crippen molar-refractivity contribution in [3.05, 3.63) is 70.5 Å². The summed E-state index contributed by atoms with van der Waals surface area (Å²) in [5.41, 5.74) is 3.32. The zero-order valence-electron chi connectivity index (χ0n) is 11.9. The predicted octanol–water partition coefficient (Wildman–Crippen LogP) is 2.36. The van der Waals surface area contributed by atoms with Crippen LogP contribution in [0.25, 0.3) is 0 Å². The van der Waals surface area contributed by atoms with Gasteiger partial charge in [-0.2, -0.15) is 5.10 Å². The number of benzene rings is 2. The summed E-state index contributed by atoms with van der Waals surface area (Å²) in [6.07, 6.45) is 1.45. The quantitative estimate of drug-likeness (QED) is 0.651. The van der Waals surface area contributed by atoms with E-state index in [1.165, 1.54) is 30.5 Å². The van der Waals surface area contributed by atoms with Crippen molar-refractivity contribution < 1.29 is 14.0 Å². The van der Waals surface area contributed by atoms with Gasteiger partial charge in [-0.05, 0) is 42.0 Å². The summed E-state index contributed by atoms with van der Waals surface area (Å²) in [6.45, 7) is -0.242. The molecule has 0 aromatic heterocycles. The molecular formula is C16H13ClFN3O2. The molecule has 0 aliphatic heterocycles. The van der Waals surface area contributed by atoms with Crippen molar-refractivity contribution in [1.29, 1.82) is 0 Å². The van der Waals surface area contributed by atoms with Crippen molar-refractivity contribution in [3.63, 3.8) is 0 Å². The van der Waals surface area contributed by atoms with E-state index in [2.05, 4.69) is 15.8 Å². The van der Waals surface area contributed by atoms with E-state index < -0.39 is 17.6 Å². The first-order valence-corrected chi connectivity index (χ1v) is 7.03. The highest BCUT2D eigenvalue weighted by atomic mass is 35.5. The topological polar surface area (TPSA) is 70.6 Å². The number of hydrogen-bond donors (Lipinski definition) is 2.